The van der Waals surface area contributed by atoms with Gasteiger partial charge in [0.05, 0.1) is 12.2 Å². The van der Waals surface area contributed by atoms with Gasteiger partial charge >= 0.3 is 5.97 Å². The summed E-state index contributed by atoms with van der Waals surface area (Å²) in [4.78, 5) is 12.4. The molecule has 1 atom stereocenters. The lowest BCUT2D eigenvalue weighted by molar-refractivity contribution is 0.0734. The highest BCUT2D eigenvalue weighted by atomic mass is 19.1. The van der Waals surface area contributed by atoms with Crippen molar-refractivity contribution in [3.8, 4) is 11.5 Å². The molecule has 182 valence electrons. The van der Waals surface area contributed by atoms with E-state index in [1.54, 1.807) is 66.7 Å². The molecule has 0 aliphatic carbocycles. The molecule has 0 fully saturated rings. The molecule has 0 saturated heterocycles. The number of hydrogen-bond donors (Lipinski definition) is 0. The molecule has 4 rings (SSSR count). The maximum Gasteiger partial charge on any atom is 0.343 e. The Morgan fingerprint density at radius 1 is 0.861 bits per heavy atom. The van der Waals surface area contributed by atoms with E-state index in [1.165, 1.54) is 5.56 Å². The lowest BCUT2D eigenvalue weighted by Crippen LogP contribution is -2.08. The fourth-order valence-electron chi connectivity index (χ4n) is 3.94. The number of halogens is 1. The zero-order valence-electron chi connectivity index (χ0n) is 20.5. The quantitative estimate of drug-likeness (QED) is 0.138. The van der Waals surface area contributed by atoms with Crippen molar-refractivity contribution in [2.45, 2.75) is 26.2 Å². The Labute approximate surface area is 211 Å². The largest absolute Gasteiger partial charge is 0.494 e. The van der Waals surface area contributed by atoms with E-state index >= 15 is 0 Å². The highest BCUT2D eigenvalue weighted by Crippen LogP contribution is 2.23. The third-order valence-corrected chi connectivity index (χ3v) is 5.92. The molecule has 0 bridgehead atoms. The molecule has 0 aliphatic heterocycles. The first-order valence-electron chi connectivity index (χ1n) is 12.1. The molecule has 4 heteroatoms. The van der Waals surface area contributed by atoms with Gasteiger partial charge in [0.25, 0.3) is 0 Å². The monoisotopic (exact) mass is 480 g/mol. The number of carbonyl (C=O) groups excluding carboxylic acids is 1. The van der Waals surface area contributed by atoms with Crippen LogP contribution in [0.3, 0.4) is 0 Å². The third kappa shape index (κ3) is 6.70. The van der Waals surface area contributed by atoms with E-state index in [9.17, 15) is 9.18 Å². The lowest BCUT2D eigenvalue weighted by Gasteiger charge is -2.12. The standard InChI is InChI=1S/C32H29FO3/c1-3-35-29-17-19-30(20-18-29)36-32(34)28-15-10-24(11-16-28)9-13-27-14-12-25(22-31(27)33)21-23(2)26-7-5-4-6-8-26/h4-20,22-23H,3,21H2,1-2H3/b13-9+. The second-order valence-corrected chi connectivity index (χ2v) is 8.62. The normalized spacial score (nSPS) is 11.9. The molecule has 4 aromatic carbocycles. The first kappa shape index (κ1) is 24.9. The number of hydrogen-bond acceptors (Lipinski definition) is 3. The van der Waals surface area contributed by atoms with Gasteiger partial charge < -0.3 is 9.47 Å². The van der Waals surface area contributed by atoms with E-state index in [1.807, 2.05) is 37.3 Å². The molecule has 0 saturated carbocycles. The molecule has 36 heavy (non-hydrogen) atoms. The van der Waals surface area contributed by atoms with Crippen LogP contribution >= 0.6 is 0 Å². The molecule has 0 amide bonds. The van der Waals surface area contributed by atoms with E-state index < -0.39 is 5.97 Å². The van der Waals surface area contributed by atoms with Gasteiger partial charge in [-0.05, 0) is 78.4 Å². The summed E-state index contributed by atoms with van der Waals surface area (Å²) >= 11 is 0. The van der Waals surface area contributed by atoms with Crippen LogP contribution in [0.5, 0.6) is 11.5 Å². The van der Waals surface area contributed by atoms with E-state index in [-0.39, 0.29) is 5.82 Å². The van der Waals surface area contributed by atoms with E-state index in [2.05, 4.69) is 19.1 Å². The smallest absolute Gasteiger partial charge is 0.343 e. The maximum atomic E-state index is 14.7. The third-order valence-electron chi connectivity index (χ3n) is 5.92. The van der Waals surface area contributed by atoms with Gasteiger partial charge in [-0.25, -0.2) is 9.18 Å². The van der Waals surface area contributed by atoms with E-state index in [4.69, 9.17) is 9.47 Å². The van der Waals surface area contributed by atoms with Crippen molar-refractivity contribution in [3.63, 3.8) is 0 Å². The average molecular weight is 481 g/mol. The Morgan fingerprint density at radius 2 is 1.56 bits per heavy atom. The summed E-state index contributed by atoms with van der Waals surface area (Å²) in [6, 6.07) is 29.6. The van der Waals surface area contributed by atoms with Gasteiger partial charge in [0.2, 0.25) is 0 Å². The molecule has 0 heterocycles. The molecule has 0 radical (unpaired) electrons. The maximum absolute atomic E-state index is 14.7. The summed E-state index contributed by atoms with van der Waals surface area (Å²) in [5, 5.41) is 0. The summed E-state index contributed by atoms with van der Waals surface area (Å²) < 4.78 is 25.5. The minimum absolute atomic E-state index is 0.250. The van der Waals surface area contributed by atoms with Crippen molar-refractivity contribution < 1.29 is 18.7 Å². The number of carbonyl (C=O) groups is 1. The number of esters is 1. The van der Waals surface area contributed by atoms with Gasteiger partial charge in [0.15, 0.2) is 0 Å². The number of rotatable bonds is 9. The predicted octanol–water partition coefficient (Wildman–Crippen LogP) is 7.96. The van der Waals surface area contributed by atoms with Crippen LogP contribution in [-0.4, -0.2) is 12.6 Å². The van der Waals surface area contributed by atoms with E-state index in [0.717, 1.165) is 23.3 Å². The Kier molecular flexibility index (Phi) is 8.30. The van der Waals surface area contributed by atoms with Crippen LogP contribution in [0.25, 0.3) is 12.2 Å². The van der Waals surface area contributed by atoms with Gasteiger partial charge in [-0.3, -0.25) is 0 Å². The first-order valence-corrected chi connectivity index (χ1v) is 12.1. The zero-order chi connectivity index (χ0) is 25.3. The minimum Gasteiger partial charge on any atom is -0.494 e. The van der Waals surface area contributed by atoms with E-state index in [0.29, 0.717) is 29.4 Å². The van der Waals surface area contributed by atoms with Gasteiger partial charge in [0, 0.05) is 5.56 Å². The van der Waals surface area contributed by atoms with Crippen molar-refractivity contribution in [2.24, 2.45) is 0 Å². The summed E-state index contributed by atoms with van der Waals surface area (Å²) in [5.41, 5.74) is 4.02. The molecule has 0 spiro atoms. The van der Waals surface area contributed by atoms with Crippen molar-refractivity contribution in [3.05, 3.63) is 131 Å². The number of ether oxygens (including phenoxy) is 2. The second kappa shape index (κ2) is 12.0. The van der Waals surface area contributed by atoms with Crippen LogP contribution in [-0.2, 0) is 6.42 Å². The van der Waals surface area contributed by atoms with Crippen LogP contribution < -0.4 is 9.47 Å². The van der Waals surface area contributed by atoms with Crippen molar-refractivity contribution in [2.75, 3.05) is 6.61 Å². The molecule has 0 aliphatic rings. The van der Waals surface area contributed by atoms with Crippen LogP contribution in [0.15, 0.2) is 97.1 Å². The molecule has 0 N–H and O–H groups in total. The Bertz CT molecular complexity index is 1310. The van der Waals surface area contributed by atoms with Gasteiger partial charge in [0.1, 0.15) is 17.3 Å². The van der Waals surface area contributed by atoms with Crippen molar-refractivity contribution in [1.29, 1.82) is 0 Å². The summed E-state index contributed by atoms with van der Waals surface area (Å²) in [5.74, 6) is 0.790. The SMILES string of the molecule is CCOc1ccc(OC(=O)c2ccc(/C=C/c3ccc(CC(C)c4ccccc4)cc3F)cc2)cc1. The average Bonchev–Trinajstić information content (AvgIpc) is 2.90. The minimum atomic E-state index is -0.443. The molecule has 1 unspecified atom stereocenters. The van der Waals surface area contributed by atoms with Gasteiger partial charge in [-0.2, -0.15) is 0 Å². The van der Waals surface area contributed by atoms with Crippen LogP contribution in [0.2, 0.25) is 0 Å². The highest BCUT2D eigenvalue weighted by molar-refractivity contribution is 5.91. The second-order valence-electron chi connectivity index (χ2n) is 8.62. The fraction of sp³-hybridized carbons (Fsp3) is 0.156. The van der Waals surface area contributed by atoms with Gasteiger partial charge in [-0.1, -0.05) is 73.7 Å². The van der Waals surface area contributed by atoms with Crippen LogP contribution in [0.4, 0.5) is 4.39 Å². The van der Waals surface area contributed by atoms with Crippen molar-refractivity contribution in [1.82, 2.24) is 0 Å². The summed E-state index contributed by atoms with van der Waals surface area (Å²) in [6.45, 7) is 4.64. The Balaban J connectivity index is 1.35. The number of benzene rings is 4. The predicted molar refractivity (Wildman–Crippen MR) is 143 cm³/mol. The topological polar surface area (TPSA) is 35.5 Å². The van der Waals surface area contributed by atoms with Gasteiger partial charge in [-0.15, -0.1) is 0 Å². The summed E-state index contributed by atoms with van der Waals surface area (Å²) in [7, 11) is 0. The van der Waals surface area contributed by atoms with Crippen LogP contribution in [0.1, 0.15) is 52.4 Å². The Morgan fingerprint density at radius 3 is 2.22 bits per heavy atom. The molecule has 4 aromatic rings. The molecular weight excluding hydrogens is 451 g/mol. The fourth-order valence-corrected chi connectivity index (χ4v) is 3.94. The highest BCUT2D eigenvalue weighted by Gasteiger charge is 2.10. The molecule has 3 nitrogen and oxygen atoms in total. The molecule has 0 aromatic heterocycles. The lowest BCUT2D eigenvalue weighted by atomic mass is 9.93. The van der Waals surface area contributed by atoms with Crippen molar-refractivity contribution >= 4 is 18.1 Å². The summed E-state index contributed by atoms with van der Waals surface area (Å²) in [6.07, 6.45) is 4.35. The Hall–Kier alpha value is -4.18. The first-order chi connectivity index (χ1) is 17.5. The van der Waals surface area contributed by atoms with Crippen LogP contribution in [0, 0.1) is 5.82 Å². The zero-order valence-corrected chi connectivity index (χ0v) is 20.5. The molecular formula is C32H29FO3.